The Labute approximate surface area is 279 Å². The van der Waals surface area contributed by atoms with Crippen molar-refractivity contribution < 1.29 is 22.7 Å². The van der Waals surface area contributed by atoms with E-state index in [1.807, 2.05) is 36.4 Å². The fourth-order valence-electron chi connectivity index (χ4n) is 6.05. The number of carbonyl (C=O) groups is 2. The van der Waals surface area contributed by atoms with E-state index >= 15 is 0 Å². The molecule has 12 heteroatoms. The summed E-state index contributed by atoms with van der Waals surface area (Å²) < 4.78 is 34.4. The monoisotopic (exact) mass is 691 g/mol. The van der Waals surface area contributed by atoms with E-state index in [0.29, 0.717) is 24.1 Å². The van der Waals surface area contributed by atoms with Gasteiger partial charge < -0.3 is 4.74 Å². The van der Waals surface area contributed by atoms with Crippen LogP contribution < -0.4 is 0 Å². The Morgan fingerprint density at radius 1 is 1.09 bits per heavy atom. The van der Waals surface area contributed by atoms with Gasteiger partial charge in [0, 0.05) is 23.7 Å². The molecular formula is C33H36Cl3N3O5S. The van der Waals surface area contributed by atoms with Gasteiger partial charge in [0.25, 0.3) is 0 Å². The van der Waals surface area contributed by atoms with E-state index < -0.39 is 44.5 Å². The molecule has 2 aromatic carbocycles. The lowest BCUT2D eigenvalue weighted by Gasteiger charge is -2.33. The van der Waals surface area contributed by atoms with E-state index in [-0.39, 0.29) is 23.3 Å². The van der Waals surface area contributed by atoms with Crippen molar-refractivity contribution in [3.05, 3.63) is 84.2 Å². The number of nitrogens with zero attached hydrogens (tertiary/aromatic N) is 3. The van der Waals surface area contributed by atoms with Crippen molar-refractivity contribution in [2.75, 3.05) is 13.2 Å². The number of alkyl halides is 3. The van der Waals surface area contributed by atoms with Crippen LogP contribution in [-0.2, 0) is 20.2 Å². The number of aromatic nitrogens is 1. The summed E-state index contributed by atoms with van der Waals surface area (Å²) in [6.07, 6.45) is 6.26. The van der Waals surface area contributed by atoms with Crippen molar-refractivity contribution in [2.45, 2.75) is 72.6 Å². The van der Waals surface area contributed by atoms with Gasteiger partial charge in [0.15, 0.2) is 0 Å². The largest absolute Gasteiger partial charge is 0.445 e. The zero-order chi connectivity index (χ0) is 32.7. The molecular weight excluding hydrogens is 657 g/mol. The first-order chi connectivity index (χ1) is 21.2. The highest BCUT2D eigenvalue weighted by Gasteiger charge is 2.43. The Balaban J connectivity index is 1.55. The second kappa shape index (κ2) is 12.8. The topological polar surface area (TPSA) is 88.9 Å². The van der Waals surface area contributed by atoms with Gasteiger partial charge in [-0.05, 0) is 60.9 Å². The van der Waals surface area contributed by atoms with Crippen molar-refractivity contribution >= 4 is 73.8 Å². The summed E-state index contributed by atoms with van der Waals surface area (Å²) in [6.45, 7) is 9.94. The van der Waals surface area contributed by atoms with E-state index in [4.69, 9.17) is 39.5 Å². The third-order valence-electron chi connectivity index (χ3n) is 8.80. The summed E-state index contributed by atoms with van der Waals surface area (Å²) in [7, 11) is -3.99. The van der Waals surface area contributed by atoms with Gasteiger partial charge in [-0.1, -0.05) is 92.0 Å². The molecule has 0 bridgehead atoms. The van der Waals surface area contributed by atoms with E-state index in [1.165, 1.54) is 9.21 Å². The Morgan fingerprint density at radius 3 is 2.42 bits per heavy atom. The zero-order valence-corrected chi connectivity index (χ0v) is 28.5. The SMILES string of the molecule is C=CC[C@H]1c2c(c3ccccc3n2C(=O)[C@@H]2CCCN2S(=O)(=O)c2ccc(C(C)(C)CC)cc2)C=CN1C(=O)OCC(Cl)(Cl)Cl. The van der Waals surface area contributed by atoms with E-state index in [0.717, 1.165) is 22.9 Å². The Kier molecular flexibility index (Phi) is 9.51. The lowest BCUT2D eigenvalue weighted by Crippen LogP contribution is -2.44. The molecule has 1 fully saturated rings. The van der Waals surface area contributed by atoms with Crippen molar-refractivity contribution in [1.29, 1.82) is 0 Å². The summed E-state index contributed by atoms with van der Waals surface area (Å²) in [5.74, 6) is -0.392. The highest BCUT2D eigenvalue weighted by molar-refractivity contribution is 7.89. The second-order valence-electron chi connectivity index (χ2n) is 12.0. The van der Waals surface area contributed by atoms with Crippen LogP contribution in [0.3, 0.4) is 0 Å². The molecule has 1 saturated heterocycles. The number of para-hydroxylation sites is 1. The highest BCUT2D eigenvalue weighted by atomic mass is 35.6. The minimum Gasteiger partial charge on any atom is -0.445 e. The summed E-state index contributed by atoms with van der Waals surface area (Å²) in [5, 5.41) is 0.794. The average molecular weight is 693 g/mol. The number of sulfonamides is 1. The van der Waals surface area contributed by atoms with Crippen LogP contribution in [0.2, 0.25) is 0 Å². The van der Waals surface area contributed by atoms with Gasteiger partial charge >= 0.3 is 6.09 Å². The fourth-order valence-corrected chi connectivity index (χ4v) is 7.86. The zero-order valence-electron chi connectivity index (χ0n) is 25.4. The predicted molar refractivity (Wildman–Crippen MR) is 179 cm³/mol. The molecule has 3 aromatic rings. The van der Waals surface area contributed by atoms with Crippen LogP contribution in [0.15, 0.2) is 72.3 Å². The molecule has 0 N–H and O–H groups in total. The summed E-state index contributed by atoms with van der Waals surface area (Å²) in [6, 6.07) is 12.7. The van der Waals surface area contributed by atoms with Crippen molar-refractivity contribution in [3.8, 4) is 0 Å². The maximum atomic E-state index is 14.6. The number of amides is 1. The van der Waals surface area contributed by atoms with E-state index in [2.05, 4.69) is 27.4 Å². The molecule has 240 valence electrons. The van der Waals surface area contributed by atoms with Crippen LogP contribution in [-0.4, -0.2) is 57.2 Å². The third kappa shape index (κ3) is 6.43. The quantitative estimate of drug-likeness (QED) is 0.175. The number of hydrogen-bond donors (Lipinski definition) is 0. The minimum atomic E-state index is -3.99. The molecule has 8 nitrogen and oxygen atoms in total. The maximum absolute atomic E-state index is 14.6. The molecule has 1 amide bonds. The fraction of sp³-hybridized carbons (Fsp3) is 0.394. The number of hydrogen-bond acceptors (Lipinski definition) is 5. The second-order valence-corrected chi connectivity index (χ2v) is 16.4. The highest BCUT2D eigenvalue weighted by Crippen LogP contribution is 2.41. The Hall–Kier alpha value is -2.82. The van der Waals surface area contributed by atoms with Gasteiger partial charge in [-0.2, -0.15) is 4.31 Å². The normalized spacial score (nSPS) is 19.1. The standard InChI is InChI=1S/C33H36Cl3N3O5S/c1-5-10-27-29-25(18-20-37(27)31(41)44-21-33(34,35)36)24-11-7-8-12-26(24)39(29)30(40)28-13-9-19-38(28)45(42,43)23-16-14-22(15-17-23)32(3,4)6-2/h5,7-8,11-12,14-18,20,27-28H,1,6,9-10,13,19,21H2,2-4H3/t27-,28-/m0/s1. The van der Waals surface area contributed by atoms with E-state index in [1.54, 1.807) is 35.1 Å². The molecule has 3 heterocycles. The molecule has 45 heavy (non-hydrogen) atoms. The summed E-state index contributed by atoms with van der Waals surface area (Å²) in [4.78, 5) is 29.3. The first kappa shape index (κ1) is 33.5. The first-order valence-corrected chi connectivity index (χ1v) is 17.4. The molecule has 2 atom stereocenters. The van der Waals surface area contributed by atoms with Gasteiger partial charge in [0.1, 0.15) is 12.6 Å². The number of benzene rings is 2. The molecule has 0 saturated carbocycles. The smallest absolute Gasteiger partial charge is 0.414 e. The third-order valence-corrected chi connectivity index (χ3v) is 11.1. The van der Waals surface area contributed by atoms with Crippen LogP contribution in [0.25, 0.3) is 17.0 Å². The van der Waals surface area contributed by atoms with Crippen LogP contribution in [0.4, 0.5) is 4.79 Å². The molecule has 1 aromatic heterocycles. The molecule has 2 aliphatic rings. The van der Waals surface area contributed by atoms with Crippen LogP contribution >= 0.6 is 34.8 Å². The number of carbonyl (C=O) groups excluding carboxylic acids is 2. The molecule has 0 spiro atoms. The average Bonchev–Trinajstić information content (AvgIpc) is 3.64. The maximum Gasteiger partial charge on any atom is 0.414 e. The molecule has 5 rings (SSSR count). The summed E-state index contributed by atoms with van der Waals surface area (Å²) >= 11 is 17.4. The predicted octanol–water partition coefficient (Wildman–Crippen LogP) is 8.23. The Bertz CT molecular complexity index is 1760. The number of ether oxygens (including phenoxy) is 1. The molecule has 0 unspecified atom stereocenters. The number of halogens is 3. The minimum absolute atomic E-state index is 0.0964. The van der Waals surface area contributed by atoms with Crippen LogP contribution in [0.5, 0.6) is 0 Å². The molecule has 0 radical (unpaired) electrons. The first-order valence-electron chi connectivity index (χ1n) is 14.8. The number of fused-ring (bicyclic) bond motifs is 3. The lowest BCUT2D eigenvalue weighted by atomic mass is 9.82. The van der Waals surface area contributed by atoms with Gasteiger partial charge in [-0.15, -0.1) is 6.58 Å². The van der Waals surface area contributed by atoms with Gasteiger partial charge in [-0.3, -0.25) is 14.3 Å². The van der Waals surface area contributed by atoms with Crippen LogP contribution in [0.1, 0.15) is 74.1 Å². The van der Waals surface area contributed by atoms with Crippen molar-refractivity contribution in [3.63, 3.8) is 0 Å². The lowest BCUT2D eigenvalue weighted by molar-refractivity contribution is 0.0817. The molecule has 2 aliphatic heterocycles. The van der Waals surface area contributed by atoms with Gasteiger partial charge in [0.2, 0.25) is 19.7 Å². The van der Waals surface area contributed by atoms with E-state index in [9.17, 15) is 18.0 Å². The van der Waals surface area contributed by atoms with Gasteiger partial charge in [0.05, 0.1) is 22.1 Å². The molecule has 0 aliphatic carbocycles. The summed E-state index contributed by atoms with van der Waals surface area (Å²) in [5.41, 5.74) is 2.84. The number of rotatable bonds is 8. The Morgan fingerprint density at radius 2 is 1.78 bits per heavy atom. The van der Waals surface area contributed by atoms with Gasteiger partial charge in [-0.25, -0.2) is 13.2 Å². The van der Waals surface area contributed by atoms with Crippen LogP contribution in [0, 0.1) is 0 Å². The van der Waals surface area contributed by atoms with Crippen molar-refractivity contribution in [2.24, 2.45) is 0 Å². The van der Waals surface area contributed by atoms with Crippen molar-refractivity contribution in [1.82, 2.24) is 13.8 Å².